The Morgan fingerprint density at radius 1 is 1.03 bits per heavy atom. The summed E-state index contributed by atoms with van der Waals surface area (Å²) in [5.74, 6) is -2.67. The molecular formula is C23H19F5N2O2. The number of alkyl halides is 3. The van der Waals surface area contributed by atoms with Crippen LogP contribution in [0.4, 0.5) is 22.0 Å². The number of nitrogens with one attached hydrogen (secondary N) is 1. The van der Waals surface area contributed by atoms with E-state index in [1.54, 1.807) is 24.3 Å². The average molecular weight is 450 g/mol. The van der Waals surface area contributed by atoms with E-state index in [9.17, 15) is 31.9 Å². The van der Waals surface area contributed by atoms with Gasteiger partial charge in [-0.15, -0.1) is 0 Å². The fraction of sp³-hybridized carbons (Fsp3) is 0.217. The Balaban J connectivity index is 1.99. The first-order chi connectivity index (χ1) is 15.0. The van der Waals surface area contributed by atoms with Gasteiger partial charge in [-0.1, -0.05) is 29.8 Å². The third kappa shape index (κ3) is 5.28. The molecule has 3 rings (SSSR count). The molecule has 0 aliphatic rings. The average Bonchev–Trinajstić information content (AvgIpc) is 2.72. The number of aliphatic hydroxyl groups excluding tert-OH is 1. The Kier molecular flexibility index (Phi) is 6.59. The van der Waals surface area contributed by atoms with E-state index in [0.29, 0.717) is 11.6 Å². The second-order valence-electron chi connectivity index (χ2n) is 7.37. The second kappa shape index (κ2) is 9.04. The zero-order chi connectivity index (χ0) is 23.6. The second-order valence-corrected chi connectivity index (χ2v) is 7.37. The lowest BCUT2D eigenvalue weighted by molar-refractivity contribution is -0.206. The maximum absolute atomic E-state index is 14.0. The zero-order valence-electron chi connectivity index (χ0n) is 17.0. The quantitative estimate of drug-likeness (QED) is 0.510. The van der Waals surface area contributed by atoms with Crippen molar-refractivity contribution in [2.75, 3.05) is 0 Å². The molecule has 1 amide bonds. The largest absolute Gasteiger partial charge is 0.418 e. The van der Waals surface area contributed by atoms with Gasteiger partial charge < -0.3 is 10.4 Å². The Morgan fingerprint density at radius 3 is 2.28 bits per heavy atom. The molecule has 4 nitrogen and oxygen atoms in total. The van der Waals surface area contributed by atoms with Crippen LogP contribution in [-0.4, -0.2) is 22.2 Å². The van der Waals surface area contributed by atoms with Crippen molar-refractivity contribution < 1.29 is 31.9 Å². The number of amides is 1. The minimum atomic E-state index is -4.94. The van der Waals surface area contributed by atoms with Crippen LogP contribution in [0.5, 0.6) is 0 Å². The van der Waals surface area contributed by atoms with Gasteiger partial charge in [0.2, 0.25) is 0 Å². The van der Waals surface area contributed by atoms with Crippen LogP contribution in [0.1, 0.15) is 46.2 Å². The highest BCUT2D eigenvalue weighted by molar-refractivity contribution is 5.96. The van der Waals surface area contributed by atoms with Crippen molar-refractivity contribution in [1.29, 1.82) is 0 Å². The molecule has 168 valence electrons. The number of aliphatic hydroxyl groups is 1. The maximum Gasteiger partial charge on any atom is 0.418 e. The normalized spacial score (nSPS) is 13.5. The molecule has 0 saturated carbocycles. The van der Waals surface area contributed by atoms with E-state index in [0.717, 1.165) is 23.9 Å². The molecular weight excluding hydrogens is 431 g/mol. The van der Waals surface area contributed by atoms with Gasteiger partial charge in [-0.25, -0.2) is 8.78 Å². The number of carbonyl (C=O) groups excluding carboxylic acids is 1. The van der Waals surface area contributed by atoms with E-state index in [4.69, 9.17) is 0 Å². The van der Waals surface area contributed by atoms with Gasteiger partial charge in [-0.05, 0) is 48.7 Å². The molecule has 2 N–H and O–H groups in total. The molecule has 0 spiro atoms. The van der Waals surface area contributed by atoms with Crippen LogP contribution in [0, 0.1) is 18.6 Å². The van der Waals surface area contributed by atoms with Crippen molar-refractivity contribution in [2.24, 2.45) is 0 Å². The molecule has 1 aromatic heterocycles. The fourth-order valence-electron chi connectivity index (χ4n) is 3.13. The molecule has 1 heterocycles. The smallest absolute Gasteiger partial charge is 0.379 e. The summed E-state index contributed by atoms with van der Waals surface area (Å²) >= 11 is 0. The van der Waals surface area contributed by atoms with Crippen molar-refractivity contribution in [3.05, 3.63) is 88.7 Å². The molecule has 2 aromatic carbocycles. The molecule has 0 aliphatic heterocycles. The Morgan fingerprint density at radius 2 is 1.69 bits per heavy atom. The fourth-order valence-corrected chi connectivity index (χ4v) is 3.13. The molecule has 3 aromatic rings. The van der Waals surface area contributed by atoms with Crippen LogP contribution in [0.25, 0.3) is 11.1 Å². The summed E-state index contributed by atoms with van der Waals surface area (Å²) in [6, 6.07) is 9.93. The lowest BCUT2D eigenvalue weighted by Gasteiger charge is -2.19. The van der Waals surface area contributed by atoms with Crippen molar-refractivity contribution >= 4 is 5.91 Å². The highest BCUT2D eigenvalue weighted by Crippen LogP contribution is 2.35. The zero-order valence-corrected chi connectivity index (χ0v) is 17.0. The van der Waals surface area contributed by atoms with Crippen molar-refractivity contribution in [2.45, 2.75) is 32.2 Å². The van der Waals surface area contributed by atoms with Crippen LogP contribution >= 0.6 is 0 Å². The minimum absolute atomic E-state index is 0.171. The number of rotatable bonds is 5. The predicted molar refractivity (Wildman–Crippen MR) is 108 cm³/mol. The summed E-state index contributed by atoms with van der Waals surface area (Å²) in [4.78, 5) is 16.4. The van der Waals surface area contributed by atoms with E-state index in [1.165, 1.54) is 13.0 Å². The van der Waals surface area contributed by atoms with Gasteiger partial charge in [0.05, 0.1) is 17.9 Å². The summed E-state index contributed by atoms with van der Waals surface area (Å²) in [7, 11) is 0. The van der Waals surface area contributed by atoms with E-state index >= 15 is 0 Å². The number of hydrogen-bond acceptors (Lipinski definition) is 3. The number of nitrogens with zero attached hydrogens (tertiary/aromatic N) is 1. The molecule has 2 unspecified atom stereocenters. The number of aryl methyl sites for hydroxylation is 1. The van der Waals surface area contributed by atoms with Gasteiger partial charge in [-0.2, -0.15) is 13.2 Å². The number of halogens is 5. The lowest BCUT2D eigenvalue weighted by Crippen LogP contribution is -2.28. The molecule has 32 heavy (non-hydrogen) atoms. The van der Waals surface area contributed by atoms with Crippen molar-refractivity contribution in [1.82, 2.24) is 10.3 Å². The number of benzene rings is 2. The summed E-state index contributed by atoms with van der Waals surface area (Å²) in [6.07, 6.45) is -6.95. The number of aromatic nitrogens is 1. The molecule has 0 aliphatic carbocycles. The van der Waals surface area contributed by atoms with E-state index < -0.39 is 41.4 Å². The van der Waals surface area contributed by atoms with Gasteiger partial charge in [0.15, 0.2) is 6.10 Å². The summed E-state index contributed by atoms with van der Waals surface area (Å²) in [5, 5.41) is 12.2. The van der Waals surface area contributed by atoms with E-state index in [1.807, 2.05) is 6.92 Å². The molecule has 9 heteroatoms. The van der Waals surface area contributed by atoms with Crippen LogP contribution < -0.4 is 5.32 Å². The number of hydrogen-bond donors (Lipinski definition) is 2. The minimum Gasteiger partial charge on any atom is -0.379 e. The van der Waals surface area contributed by atoms with Gasteiger partial charge in [0, 0.05) is 11.6 Å². The molecule has 0 fully saturated rings. The van der Waals surface area contributed by atoms with Gasteiger partial charge in [0.1, 0.15) is 11.6 Å². The molecule has 2 atom stereocenters. The SMILES string of the molecule is Cc1ccc(-c2cc(C(=O)NC(C)c3ncc(F)cc3F)cc(C(O)C(F)(F)F)c2)cc1. The van der Waals surface area contributed by atoms with E-state index in [-0.39, 0.29) is 16.8 Å². The third-order valence-electron chi connectivity index (χ3n) is 4.82. The third-order valence-corrected chi connectivity index (χ3v) is 4.82. The molecule has 0 radical (unpaired) electrons. The first kappa shape index (κ1) is 23.3. The Hall–Kier alpha value is -3.33. The van der Waals surface area contributed by atoms with Crippen molar-refractivity contribution in [3.63, 3.8) is 0 Å². The van der Waals surface area contributed by atoms with Crippen LogP contribution in [0.2, 0.25) is 0 Å². The number of carbonyl (C=O) groups is 1. The van der Waals surface area contributed by atoms with Gasteiger partial charge in [-0.3, -0.25) is 9.78 Å². The monoisotopic (exact) mass is 450 g/mol. The maximum atomic E-state index is 14.0. The topological polar surface area (TPSA) is 62.2 Å². The first-order valence-electron chi connectivity index (χ1n) is 9.54. The first-order valence-corrected chi connectivity index (χ1v) is 9.54. The summed E-state index contributed by atoms with van der Waals surface area (Å²) < 4.78 is 66.4. The number of pyridine rings is 1. The Bertz CT molecular complexity index is 1130. The highest BCUT2D eigenvalue weighted by atomic mass is 19.4. The summed E-state index contributed by atoms with van der Waals surface area (Å²) in [5.41, 5.74) is 0.843. The van der Waals surface area contributed by atoms with Crippen molar-refractivity contribution in [3.8, 4) is 11.1 Å². The standard InChI is InChI=1S/C23H19F5N2O2/c1-12-3-5-14(6-4-12)15-7-16(21(31)23(26,27)28)9-17(8-15)22(32)30-13(2)20-19(25)10-18(24)11-29-20/h3-11,13,21,31H,1-2H3,(H,30,32). The lowest BCUT2D eigenvalue weighted by atomic mass is 9.96. The predicted octanol–water partition coefficient (Wildman–Crippen LogP) is 5.42. The van der Waals surface area contributed by atoms with Gasteiger partial charge >= 0.3 is 6.18 Å². The van der Waals surface area contributed by atoms with E-state index in [2.05, 4.69) is 10.3 Å². The highest BCUT2D eigenvalue weighted by Gasteiger charge is 2.39. The Labute approximate surface area is 180 Å². The summed E-state index contributed by atoms with van der Waals surface area (Å²) in [6.45, 7) is 3.24. The molecule has 0 saturated heterocycles. The van der Waals surface area contributed by atoms with Crippen LogP contribution in [0.15, 0.2) is 54.7 Å². The van der Waals surface area contributed by atoms with Crippen LogP contribution in [-0.2, 0) is 0 Å². The molecule has 0 bridgehead atoms. The van der Waals surface area contributed by atoms with Gasteiger partial charge in [0.25, 0.3) is 5.91 Å². The van der Waals surface area contributed by atoms with Crippen LogP contribution in [0.3, 0.4) is 0 Å².